The van der Waals surface area contributed by atoms with Gasteiger partial charge >= 0.3 is 0 Å². The number of ether oxygens (including phenoxy) is 4. The van der Waals surface area contributed by atoms with E-state index < -0.39 is 19.0 Å². The Bertz CT molecular complexity index is 467. The van der Waals surface area contributed by atoms with E-state index in [-0.39, 0.29) is 10.8 Å². The summed E-state index contributed by atoms with van der Waals surface area (Å²) < 4.78 is 26.5. The third-order valence-corrected chi connectivity index (χ3v) is 16.9. The molecule has 0 fully saturated rings. The van der Waals surface area contributed by atoms with Gasteiger partial charge in [-0.25, -0.2) is 0 Å². The molecule has 0 aliphatic heterocycles. The van der Waals surface area contributed by atoms with Crippen molar-refractivity contribution in [1.29, 1.82) is 0 Å². The molecule has 0 aromatic heterocycles. The quantitative estimate of drug-likeness (QED) is 0.0292. The fraction of sp³-hybridized carbons (Fsp3) is 1.00. The summed E-state index contributed by atoms with van der Waals surface area (Å²) in [4.78, 5) is 0. The number of unbranched alkanes of at least 4 members (excludes halogenated alkanes) is 8. The molecule has 0 heterocycles. The van der Waals surface area contributed by atoms with E-state index in [1.54, 1.807) is 0 Å². The fourth-order valence-electron chi connectivity index (χ4n) is 4.74. The highest BCUT2D eigenvalue weighted by Gasteiger charge is 2.32. The second-order valence-corrected chi connectivity index (χ2v) is 20.5. The predicted molar refractivity (Wildman–Crippen MR) is 196 cm³/mol. The van der Waals surface area contributed by atoms with Crippen LogP contribution in [0.5, 0.6) is 0 Å². The second-order valence-electron chi connectivity index (χ2n) is 11.5. The lowest BCUT2D eigenvalue weighted by Gasteiger charge is -2.35. The van der Waals surface area contributed by atoms with Crippen molar-refractivity contribution in [1.82, 2.24) is 0 Å². The number of rotatable bonds is 34. The first-order chi connectivity index (χ1) is 20.1. The summed E-state index contributed by atoms with van der Waals surface area (Å²) in [5.41, 5.74) is -0.537. The fourth-order valence-corrected chi connectivity index (χ4v) is 13.0. The van der Waals surface area contributed by atoms with E-state index in [9.17, 15) is 0 Å². The molecule has 9 heteroatoms. The summed E-state index contributed by atoms with van der Waals surface area (Å²) in [6.07, 6.45) is 19.1. The first-order valence-electron chi connectivity index (χ1n) is 17.5. The molecule has 248 valence electrons. The molecule has 0 amide bonds. The van der Waals surface area contributed by atoms with Gasteiger partial charge in [0.2, 0.25) is 0 Å². The van der Waals surface area contributed by atoms with Gasteiger partial charge in [0.1, 0.15) is 10.8 Å². The lowest BCUT2D eigenvalue weighted by atomic mass is 10.2. The standard InChI is InChI=1S/C32H70O4S3Si2/c1-7-13-17-23-33-31(40-29-11-5,34-24-18-14-8-2)21-27-37-39-38-28-22-32(41-30-12-6,35-25-19-15-9-3)36-26-20-16-10-4/h7-30,40-41H2,1-6H3. The van der Waals surface area contributed by atoms with E-state index in [1.165, 1.54) is 76.3 Å². The molecular weight excluding hydrogens is 601 g/mol. The Labute approximate surface area is 273 Å². The minimum atomic E-state index is -0.448. The van der Waals surface area contributed by atoms with Crippen LogP contribution in [0.4, 0.5) is 0 Å². The normalized spacial score (nSPS) is 13.0. The molecule has 0 atom stereocenters. The first-order valence-corrected chi connectivity index (χ1v) is 24.8. The third kappa shape index (κ3) is 24.3. The highest BCUT2D eigenvalue weighted by Crippen LogP contribution is 2.38. The van der Waals surface area contributed by atoms with Gasteiger partial charge in [0.25, 0.3) is 0 Å². The van der Waals surface area contributed by atoms with Gasteiger partial charge in [0, 0.05) is 50.8 Å². The SMILES string of the molecule is CCCCCOC(CCSSSCCC(OCCCCC)(OCCCCC)[SiH2]CCC)(OCCCCC)[SiH2]CCC. The Morgan fingerprint density at radius 1 is 0.439 bits per heavy atom. The van der Waals surface area contributed by atoms with Gasteiger partial charge in [-0.2, -0.15) is 0 Å². The topological polar surface area (TPSA) is 36.9 Å². The van der Waals surface area contributed by atoms with E-state index in [1.807, 2.05) is 31.4 Å². The zero-order chi connectivity index (χ0) is 30.3. The Hall–Kier alpha value is 1.32. The van der Waals surface area contributed by atoms with Gasteiger partial charge < -0.3 is 18.9 Å². The molecule has 0 spiro atoms. The van der Waals surface area contributed by atoms with E-state index in [4.69, 9.17) is 18.9 Å². The van der Waals surface area contributed by atoms with E-state index in [0.29, 0.717) is 0 Å². The number of hydrogen-bond acceptors (Lipinski definition) is 7. The lowest BCUT2D eigenvalue weighted by Crippen LogP contribution is -2.43. The lowest BCUT2D eigenvalue weighted by molar-refractivity contribution is -0.183. The molecule has 0 bridgehead atoms. The van der Waals surface area contributed by atoms with Crippen LogP contribution in [0.1, 0.15) is 144 Å². The minimum absolute atomic E-state index is 0.269. The molecule has 0 unspecified atom stereocenters. The summed E-state index contributed by atoms with van der Waals surface area (Å²) >= 11 is 0. The van der Waals surface area contributed by atoms with Gasteiger partial charge in [-0.3, -0.25) is 0 Å². The second kappa shape index (κ2) is 31.3. The largest absolute Gasteiger partial charge is 0.354 e. The first kappa shape index (κ1) is 42.3. The van der Waals surface area contributed by atoms with E-state index >= 15 is 0 Å². The molecule has 0 rings (SSSR count). The predicted octanol–water partition coefficient (Wildman–Crippen LogP) is 9.93. The maximum atomic E-state index is 6.62. The molecule has 0 saturated carbocycles. The van der Waals surface area contributed by atoms with Gasteiger partial charge in [-0.15, -0.1) is 0 Å². The summed E-state index contributed by atoms with van der Waals surface area (Å²) in [6, 6.07) is 2.60. The molecule has 0 N–H and O–H groups in total. The summed E-state index contributed by atoms with van der Waals surface area (Å²) in [7, 11) is 5.04. The van der Waals surface area contributed by atoms with Gasteiger partial charge in [-0.05, 0) is 35.5 Å². The highest BCUT2D eigenvalue weighted by molar-refractivity contribution is 9.09. The van der Waals surface area contributed by atoms with Crippen molar-refractivity contribution in [3.63, 3.8) is 0 Å². The highest BCUT2D eigenvalue weighted by atomic mass is 33.5. The van der Waals surface area contributed by atoms with Gasteiger partial charge in [-0.1, -0.05) is 139 Å². The van der Waals surface area contributed by atoms with Gasteiger partial charge in [0.05, 0.1) is 19.0 Å². The third-order valence-electron chi connectivity index (χ3n) is 7.50. The van der Waals surface area contributed by atoms with Crippen molar-refractivity contribution in [2.24, 2.45) is 0 Å². The van der Waals surface area contributed by atoms with E-state index in [0.717, 1.165) is 76.5 Å². The smallest absolute Gasteiger partial charge is 0.145 e. The molecule has 0 aliphatic rings. The molecule has 0 saturated heterocycles. The van der Waals surface area contributed by atoms with Crippen LogP contribution in [0.25, 0.3) is 0 Å². The molecule has 0 radical (unpaired) electrons. The Morgan fingerprint density at radius 3 is 1.02 bits per heavy atom. The molecule has 0 aromatic rings. The maximum absolute atomic E-state index is 6.62. The molecule has 4 nitrogen and oxygen atoms in total. The average Bonchev–Trinajstić information content (AvgIpc) is 2.99. The monoisotopic (exact) mass is 670 g/mol. The Balaban J connectivity index is 4.91. The van der Waals surface area contributed by atoms with Crippen molar-refractivity contribution in [3.05, 3.63) is 0 Å². The van der Waals surface area contributed by atoms with Crippen molar-refractivity contribution in [2.45, 2.75) is 167 Å². The Morgan fingerprint density at radius 2 is 0.756 bits per heavy atom. The maximum Gasteiger partial charge on any atom is 0.145 e. The van der Waals surface area contributed by atoms with Crippen molar-refractivity contribution < 1.29 is 18.9 Å². The van der Waals surface area contributed by atoms with Crippen LogP contribution in [-0.4, -0.2) is 67.8 Å². The molecular formula is C32H70O4S3Si2. The average molecular weight is 671 g/mol. The molecule has 41 heavy (non-hydrogen) atoms. The van der Waals surface area contributed by atoms with Gasteiger partial charge in [0.15, 0.2) is 0 Å². The number of hydrogen-bond donors (Lipinski definition) is 0. The van der Waals surface area contributed by atoms with Crippen LogP contribution < -0.4 is 0 Å². The summed E-state index contributed by atoms with van der Waals surface area (Å²) in [5, 5.41) is 0. The molecule has 0 aliphatic carbocycles. The van der Waals surface area contributed by atoms with Crippen LogP contribution in [-0.2, 0) is 18.9 Å². The summed E-state index contributed by atoms with van der Waals surface area (Å²) in [5.74, 6) is 2.18. The van der Waals surface area contributed by atoms with Crippen LogP contribution >= 0.6 is 31.4 Å². The van der Waals surface area contributed by atoms with Crippen LogP contribution in [0.15, 0.2) is 0 Å². The van der Waals surface area contributed by atoms with E-state index in [2.05, 4.69) is 41.5 Å². The van der Waals surface area contributed by atoms with Crippen LogP contribution in [0, 0.1) is 0 Å². The van der Waals surface area contributed by atoms with Crippen molar-refractivity contribution in [2.75, 3.05) is 37.9 Å². The van der Waals surface area contributed by atoms with Crippen LogP contribution in [0.3, 0.4) is 0 Å². The van der Waals surface area contributed by atoms with Crippen molar-refractivity contribution in [3.8, 4) is 0 Å². The van der Waals surface area contributed by atoms with Crippen molar-refractivity contribution >= 4 is 50.5 Å². The van der Waals surface area contributed by atoms with Crippen LogP contribution in [0.2, 0.25) is 12.1 Å². The zero-order valence-corrected chi connectivity index (χ0v) is 33.5. The zero-order valence-electron chi connectivity index (χ0n) is 28.2. The molecule has 0 aromatic carbocycles. The summed E-state index contributed by atoms with van der Waals surface area (Å²) in [6.45, 7) is 17.1. The Kier molecular flexibility index (Phi) is 32.3. The minimum Gasteiger partial charge on any atom is -0.354 e.